The summed E-state index contributed by atoms with van der Waals surface area (Å²) in [5.74, 6) is 3.35. The lowest BCUT2D eigenvalue weighted by molar-refractivity contribution is 0.122. The Hall–Kier alpha value is -0.720. The van der Waals surface area contributed by atoms with Crippen LogP contribution in [-0.2, 0) is 4.74 Å². The van der Waals surface area contributed by atoms with Crippen LogP contribution in [0.15, 0.2) is 24.0 Å². The number of fused-ring (bicyclic) bond motifs is 1. The van der Waals surface area contributed by atoms with Gasteiger partial charge in [-0.15, -0.1) is 0 Å². The normalized spacial score (nSPS) is 35.7. The number of ether oxygens (including phenoxy) is 1. The number of hydrogen-bond donors (Lipinski definition) is 0. The van der Waals surface area contributed by atoms with Gasteiger partial charge in [0.05, 0.1) is 11.9 Å². The van der Waals surface area contributed by atoms with E-state index in [-0.39, 0.29) is 0 Å². The minimum absolute atomic E-state index is 0.310. The molecule has 2 aliphatic rings. The molecule has 0 aromatic heterocycles. The fourth-order valence-electron chi connectivity index (χ4n) is 2.03. The van der Waals surface area contributed by atoms with Crippen molar-refractivity contribution in [3.63, 3.8) is 0 Å². The molecule has 0 aromatic rings. The van der Waals surface area contributed by atoms with Crippen molar-refractivity contribution in [1.82, 2.24) is 0 Å². The second-order valence-electron chi connectivity index (χ2n) is 4.86. The van der Waals surface area contributed by atoms with Crippen molar-refractivity contribution in [2.75, 3.05) is 0 Å². The molecule has 2 rings (SSSR count). The molecule has 0 spiro atoms. The van der Waals surface area contributed by atoms with Gasteiger partial charge in [0.15, 0.2) is 0 Å². The van der Waals surface area contributed by atoms with Gasteiger partial charge < -0.3 is 4.74 Å². The smallest absolute Gasteiger partial charge is 0.0958 e. The van der Waals surface area contributed by atoms with Gasteiger partial charge in [-0.2, -0.15) is 0 Å². The Morgan fingerprint density at radius 3 is 2.86 bits per heavy atom. The van der Waals surface area contributed by atoms with Crippen LogP contribution in [0, 0.1) is 17.8 Å². The predicted octanol–water partition coefficient (Wildman–Crippen LogP) is 3.53. The summed E-state index contributed by atoms with van der Waals surface area (Å²) < 4.78 is 5.86. The van der Waals surface area contributed by atoms with Crippen LogP contribution < -0.4 is 0 Å². The first kappa shape index (κ1) is 9.82. The molecule has 1 fully saturated rings. The molecule has 0 radical (unpaired) electrons. The monoisotopic (exact) mass is 192 g/mol. The van der Waals surface area contributed by atoms with Gasteiger partial charge in [0.1, 0.15) is 0 Å². The van der Waals surface area contributed by atoms with Gasteiger partial charge in [-0.05, 0) is 44.6 Å². The van der Waals surface area contributed by atoms with Gasteiger partial charge in [0.2, 0.25) is 0 Å². The molecule has 1 heteroatoms. The Morgan fingerprint density at radius 1 is 1.36 bits per heavy atom. The average molecular weight is 192 g/mol. The molecular weight excluding hydrogens is 172 g/mol. The standard InChI is InChI=1S/C13H20O/c1-9(2)14-13-8-12-7-11(12)6-4-5-10(13)3/h4,6,8-12H,5,7H2,1-3H3. The van der Waals surface area contributed by atoms with Crippen molar-refractivity contribution in [2.24, 2.45) is 17.8 Å². The summed E-state index contributed by atoms with van der Waals surface area (Å²) in [4.78, 5) is 0. The van der Waals surface area contributed by atoms with Gasteiger partial charge in [-0.3, -0.25) is 0 Å². The lowest BCUT2D eigenvalue weighted by Crippen LogP contribution is -2.10. The molecule has 1 saturated carbocycles. The van der Waals surface area contributed by atoms with Crippen LogP contribution in [0.25, 0.3) is 0 Å². The Morgan fingerprint density at radius 2 is 2.14 bits per heavy atom. The molecular formula is C13H20O. The molecule has 0 bridgehead atoms. The first-order chi connectivity index (χ1) is 6.66. The van der Waals surface area contributed by atoms with E-state index in [1.807, 2.05) is 0 Å². The lowest BCUT2D eigenvalue weighted by atomic mass is 10.0. The summed E-state index contributed by atoms with van der Waals surface area (Å²) in [5.41, 5.74) is 0. The van der Waals surface area contributed by atoms with E-state index < -0.39 is 0 Å². The number of allylic oxidation sites excluding steroid dienone is 4. The van der Waals surface area contributed by atoms with E-state index in [0.29, 0.717) is 12.0 Å². The SMILES string of the molecule is CC(C)OC1=CC2CC2C=CCC1C. The summed E-state index contributed by atoms with van der Waals surface area (Å²) in [6.07, 6.45) is 9.83. The predicted molar refractivity (Wildman–Crippen MR) is 58.8 cm³/mol. The second kappa shape index (κ2) is 3.80. The van der Waals surface area contributed by atoms with Crippen LogP contribution in [0.5, 0.6) is 0 Å². The van der Waals surface area contributed by atoms with Crippen molar-refractivity contribution >= 4 is 0 Å². The zero-order valence-corrected chi connectivity index (χ0v) is 9.36. The van der Waals surface area contributed by atoms with E-state index in [4.69, 9.17) is 4.74 Å². The van der Waals surface area contributed by atoms with Crippen LogP contribution >= 0.6 is 0 Å². The van der Waals surface area contributed by atoms with E-state index >= 15 is 0 Å². The van der Waals surface area contributed by atoms with Crippen molar-refractivity contribution in [1.29, 1.82) is 0 Å². The van der Waals surface area contributed by atoms with Crippen molar-refractivity contribution in [3.05, 3.63) is 24.0 Å². The quantitative estimate of drug-likeness (QED) is 0.608. The maximum absolute atomic E-state index is 5.86. The zero-order valence-electron chi connectivity index (χ0n) is 9.36. The highest BCUT2D eigenvalue weighted by Gasteiger charge is 2.34. The molecule has 0 heterocycles. The summed E-state index contributed by atoms with van der Waals surface area (Å²) in [6, 6.07) is 0. The lowest BCUT2D eigenvalue weighted by Gasteiger charge is -2.19. The molecule has 0 N–H and O–H groups in total. The summed E-state index contributed by atoms with van der Waals surface area (Å²) in [6.45, 7) is 6.46. The van der Waals surface area contributed by atoms with Gasteiger partial charge in [-0.25, -0.2) is 0 Å². The number of hydrogen-bond acceptors (Lipinski definition) is 1. The van der Waals surface area contributed by atoms with Gasteiger partial charge in [0, 0.05) is 5.92 Å². The van der Waals surface area contributed by atoms with E-state index in [1.54, 1.807) is 0 Å². The molecule has 1 nitrogen and oxygen atoms in total. The van der Waals surface area contributed by atoms with Crippen LogP contribution in [-0.4, -0.2) is 6.10 Å². The molecule has 0 aliphatic heterocycles. The Balaban J connectivity index is 2.07. The fraction of sp³-hybridized carbons (Fsp3) is 0.692. The summed E-state index contributed by atoms with van der Waals surface area (Å²) in [5, 5.41) is 0. The topological polar surface area (TPSA) is 9.23 Å². The van der Waals surface area contributed by atoms with Crippen LogP contribution in [0.4, 0.5) is 0 Å². The molecule has 2 aliphatic carbocycles. The third kappa shape index (κ3) is 2.20. The van der Waals surface area contributed by atoms with Gasteiger partial charge >= 0.3 is 0 Å². The second-order valence-corrected chi connectivity index (χ2v) is 4.86. The first-order valence-corrected chi connectivity index (χ1v) is 5.72. The van der Waals surface area contributed by atoms with E-state index in [1.165, 1.54) is 12.2 Å². The molecule has 3 unspecified atom stereocenters. The third-order valence-corrected chi connectivity index (χ3v) is 3.00. The van der Waals surface area contributed by atoms with Crippen molar-refractivity contribution in [2.45, 2.75) is 39.7 Å². The first-order valence-electron chi connectivity index (χ1n) is 5.72. The largest absolute Gasteiger partial charge is 0.495 e. The summed E-state index contributed by atoms with van der Waals surface area (Å²) in [7, 11) is 0. The Kier molecular flexibility index (Phi) is 2.66. The third-order valence-electron chi connectivity index (χ3n) is 3.00. The van der Waals surface area contributed by atoms with Crippen LogP contribution in [0.2, 0.25) is 0 Å². The maximum Gasteiger partial charge on any atom is 0.0958 e. The van der Waals surface area contributed by atoms with Crippen molar-refractivity contribution < 1.29 is 4.74 Å². The van der Waals surface area contributed by atoms with E-state index in [9.17, 15) is 0 Å². The zero-order chi connectivity index (χ0) is 10.1. The highest BCUT2D eigenvalue weighted by Crippen LogP contribution is 2.43. The number of rotatable bonds is 2. The van der Waals surface area contributed by atoms with E-state index in [0.717, 1.165) is 18.3 Å². The van der Waals surface area contributed by atoms with Crippen LogP contribution in [0.1, 0.15) is 33.6 Å². The van der Waals surface area contributed by atoms with Crippen molar-refractivity contribution in [3.8, 4) is 0 Å². The molecule has 0 saturated heterocycles. The highest BCUT2D eigenvalue weighted by atomic mass is 16.5. The minimum atomic E-state index is 0.310. The van der Waals surface area contributed by atoms with Crippen LogP contribution in [0.3, 0.4) is 0 Å². The Bertz CT molecular complexity index is 262. The molecule has 78 valence electrons. The minimum Gasteiger partial charge on any atom is -0.495 e. The molecule has 0 amide bonds. The maximum atomic E-state index is 5.86. The van der Waals surface area contributed by atoms with Gasteiger partial charge in [0.25, 0.3) is 0 Å². The molecule has 14 heavy (non-hydrogen) atoms. The molecule has 0 aromatic carbocycles. The average Bonchev–Trinajstić information content (AvgIpc) is 2.79. The fourth-order valence-corrected chi connectivity index (χ4v) is 2.03. The van der Waals surface area contributed by atoms with Gasteiger partial charge in [-0.1, -0.05) is 19.1 Å². The van der Waals surface area contributed by atoms with E-state index in [2.05, 4.69) is 39.0 Å². The Labute approximate surface area is 86.8 Å². The highest BCUT2D eigenvalue weighted by molar-refractivity contribution is 5.17. The molecule has 3 atom stereocenters. The summed E-state index contributed by atoms with van der Waals surface area (Å²) >= 11 is 0.